The van der Waals surface area contributed by atoms with Crippen LogP contribution in [0.3, 0.4) is 0 Å². The van der Waals surface area contributed by atoms with Gasteiger partial charge in [0.05, 0.1) is 12.8 Å². The second-order valence-corrected chi connectivity index (χ2v) is 3.70. The predicted octanol–water partition coefficient (Wildman–Crippen LogP) is 1.40. The van der Waals surface area contributed by atoms with Crippen molar-refractivity contribution in [3.63, 3.8) is 0 Å². The van der Waals surface area contributed by atoms with Gasteiger partial charge >= 0.3 is 5.69 Å². The van der Waals surface area contributed by atoms with Gasteiger partial charge in [-0.3, -0.25) is 4.57 Å². The van der Waals surface area contributed by atoms with Crippen LogP contribution in [0.2, 0.25) is 0 Å². The largest absolute Gasteiger partial charge is 0.497 e. The van der Waals surface area contributed by atoms with Crippen LogP contribution < -0.4 is 10.4 Å². The van der Waals surface area contributed by atoms with Crippen LogP contribution in [0.25, 0.3) is 11.3 Å². The third kappa shape index (κ3) is 1.62. The molecule has 0 N–H and O–H groups in total. The van der Waals surface area contributed by atoms with Gasteiger partial charge in [0.2, 0.25) is 0 Å². The first-order chi connectivity index (χ1) is 7.63. The summed E-state index contributed by atoms with van der Waals surface area (Å²) < 4.78 is 8.29. The molecule has 0 fully saturated rings. The maximum absolute atomic E-state index is 11.6. The van der Waals surface area contributed by atoms with Crippen LogP contribution in [0, 0.1) is 0 Å². The molecule has 84 valence electrons. The lowest BCUT2D eigenvalue weighted by Gasteiger charge is -2.03. The summed E-state index contributed by atoms with van der Waals surface area (Å²) in [6, 6.07) is 7.64. The number of rotatable bonds is 2. The van der Waals surface area contributed by atoms with Gasteiger partial charge in [0.1, 0.15) is 5.75 Å². The van der Waals surface area contributed by atoms with E-state index < -0.39 is 0 Å². The molecule has 0 bridgehead atoms. The minimum absolute atomic E-state index is 0.0224. The first kappa shape index (κ1) is 10.5. The van der Waals surface area contributed by atoms with Gasteiger partial charge in [0, 0.05) is 25.9 Å². The minimum atomic E-state index is -0.0224. The molecule has 0 aliphatic carbocycles. The molecule has 0 unspecified atom stereocenters. The van der Waals surface area contributed by atoms with E-state index in [2.05, 4.69) is 0 Å². The Morgan fingerprint density at radius 3 is 2.19 bits per heavy atom. The zero-order chi connectivity index (χ0) is 11.7. The molecule has 4 heteroatoms. The Morgan fingerprint density at radius 2 is 1.75 bits per heavy atom. The van der Waals surface area contributed by atoms with E-state index in [1.54, 1.807) is 30.3 Å². The fraction of sp³-hybridized carbons (Fsp3) is 0.250. The maximum Gasteiger partial charge on any atom is 0.328 e. The average molecular weight is 218 g/mol. The number of imidazole rings is 1. The van der Waals surface area contributed by atoms with E-state index in [4.69, 9.17) is 4.74 Å². The molecule has 0 aliphatic rings. The minimum Gasteiger partial charge on any atom is -0.497 e. The molecular weight excluding hydrogens is 204 g/mol. The molecule has 0 aliphatic heterocycles. The first-order valence-corrected chi connectivity index (χ1v) is 5.00. The van der Waals surface area contributed by atoms with Crippen molar-refractivity contribution < 1.29 is 4.74 Å². The summed E-state index contributed by atoms with van der Waals surface area (Å²) in [5, 5.41) is 0. The number of aromatic nitrogens is 2. The highest BCUT2D eigenvalue weighted by Gasteiger charge is 2.07. The molecule has 1 heterocycles. The highest BCUT2D eigenvalue weighted by Crippen LogP contribution is 2.20. The SMILES string of the molecule is COc1ccc(-c2cn(C)c(=O)n2C)cc1. The van der Waals surface area contributed by atoms with Crippen LogP contribution in [0.1, 0.15) is 0 Å². The monoisotopic (exact) mass is 218 g/mol. The van der Waals surface area contributed by atoms with Gasteiger partial charge in [0.25, 0.3) is 0 Å². The summed E-state index contributed by atoms with van der Waals surface area (Å²) in [5.41, 5.74) is 1.88. The van der Waals surface area contributed by atoms with Gasteiger partial charge in [-0.1, -0.05) is 0 Å². The van der Waals surface area contributed by atoms with Crippen molar-refractivity contribution >= 4 is 0 Å². The van der Waals surface area contributed by atoms with Crippen LogP contribution in [-0.4, -0.2) is 16.2 Å². The van der Waals surface area contributed by atoms with Crippen LogP contribution in [-0.2, 0) is 14.1 Å². The summed E-state index contributed by atoms with van der Waals surface area (Å²) in [7, 11) is 5.14. The molecule has 4 nitrogen and oxygen atoms in total. The van der Waals surface area contributed by atoms with Crippen molar-refractivity contribution in [2.75, 3.05) is 7.11 Å². The predicted molar refractivity (Wildman–Crippen MR) is 62.6 cm³/mol. The van der Waals surface area contributed by atoms with Crippen LogP contribution in [0.4, 0.5) is 0 Å². The van der Waals surface area contributed by atoms with Gasteiger partial charge in [0.15, 0.2) is 0 Å². The highest BCUT2D eigenvalue weighted by atomic mass is 16.5. The average Bonchev–Trinajstić information content (AvgIpc) is 2.57. The van der Waals surface area contributed by atoms with Crippen LogP contribution >= 0.6 is 0 Å². The van der Waals surface area contributed by atoms with E-state index in [1.165, 1.54) is 0 Å². The molecule has 0 spiro atoms. The molecule has 0 radical (unpaired) electrons. The Morgan fingerprint density at radius 1 is 1.12 bits per heavy atom. The summed E-state index contributed by atoms with van der Waals surface area (Å²) >= 11 is 0. The Kier molecular flexibility index (Phi) is 2.56. The lowest BCUT2D eigenvalue weighted by Crippen LogP contribution is -2.19. The number of aryl methyl sites for hydroxylation is 1. The lowest BCUT2D eigenvalue weighted by atomic mass is 10.1. The summed E-state index contributed by atoms with van der Waals surface area (Å²) in [6.07, 6.45) is 1.82. The van der Waals surface area contributed by atoms with E-state index in [9.17, 15) is 4.79 Å². The van der Waals surface area contributed by atoms with Gasteiger partial charge < -0.3 is 9.30 Å². The second-order valence-electron chi connectivity index (χ2n) is 3.70. The van der Waals surface area contributed by atoms with E-state index in [1.807, 2.05) is 30.5 Å². The molecular formula is C12H14N2O2. The fourth-order valence-electron chi connectivity index (χ4n) is 1.69. The standard InChI is InChI=1S/C12H14N2O2/c1-13-8-11(14(2)12(13)15)9-4-6-10(16-3)7-5-9/h4-8H,1-3H3. The molecule has 0 atom stereocenters. The van der Waals surface area contributed by atoms with Crippen molar-refractivity contribution in [2.45, 2.75) is 0 Å². The topological polar surface area (TPSA) is 36.2 Å². The Hall–Kier alpha value is -1.97. The number of hydrogen-bond acceptors (Lipinski definition) is 2. The van der Waals surface area contributed by atoms with Crippen molar-refractivity contribution in [2.24, 2.45) is 14.1 Å². The third-order valence-electron chi connectivity index (χ3n) is 2.65. The molecule has 0 saturated heterocycles. The number of nitrogens with zero attached hydrogens (tertiary/aromatic N) is 2. The van der Waals surface area contributed by atoms with E-state index in [-0.39, 0.29) is 5.69 Å². The summed E-state index contributed by atoms with van der Waals surface area (Å²) in [4.78, 5) is 11.6. The van der Waals surface area contributed by atoms with Gasteiger partial charge in [-0.05, 0) is 24.3 Å². The molecule has 1 aromatic carbocycles. The number of ether oxygens (including phenoxy) is 1. The number of benzene rings is 1. The molecule has 0 amide bonds. The zero-order valence-electron chi connectivity index (χ0n) is 9.60. The fourth-order valence-corrected chi connectivity index (χ4v) is 1.69. The van der Waals surface area contributed by atoms with Crippen molar-refractivity contribution in [1.29, 1.82) is 0 Å². The molecule has 1 aromatic heterocycles. The van der Waals surface area contributed by atoms with Crippen molar-refractivity contribution in [3.05, 3.63) is 40.9 Å². The van der Waals surface area contributed by atoms with Gasteiger partial charge in [-0.25, -0.2) is 4.79 Å². The van der Waals surface area contributed by atoms with Crippen LogP contribution in [0.5, 0.6) is 5.75 Å². The van der Waals surface area contributed by atoms with Gasteiger partial charge in [-0.15, -0.1) is 0 Å². The number of methoxy groups -OCH3 is 1. The third-order valence-corrected chi connectivity index (χ3v) is 2.65. The normalized spacial score (nSPS) is 10.4. The number of hydrogen-bond donors (Lipinski definition) is 0. The quantitative estimate of drug-likeness (QED) is 0.764. The summed E-state index contributed by atoms with van der Waals surface area (Å²) in [5.74, 6) is 0.810. The van der Waals surface area contributed by atoms with Crippen molar-refractivity contribution in [1.82, 2.24) is 9.13 Å². The molecule has 2 rings (SSSR count). The molecule has 2 aromatic rings. The highest BCUT2D eigenvalue weighted by molar-refractivity contribution is 5.59. The smallest absolute Gasteiger partial charge is 0.328 e. The lowest BCUT2D eigenvalue weighted by molar-refractivity contribution is 0.415. The summed E-state index contributed by atoms with van der Waals surface area (Å²) in [6.45, 7) is 0. The van der Waals surface area contributed by atoms with E-state index in [0.717, 1.165) is 17.0 Å². The molecule has 0 saturated carbocycles. The van der Waals surface area contributed by atoms with Crippen molar-refractivity contribution in [3.8, 4) is 17.0 Å². The Bertz CT molecular complexity index is 549. The Labute approximate surface area is 93.7 Å². The zero-order valence-corrected chi connectivity index (χ0v) is 9.60. The van der Waals surface area contributed by atoms with E-state index >= 15 is 0 Å². The Balaban J connectivity index is 2.50. The second kappa shape index (κ2) is 3.89. The van der Waals surface area contributed by atoms with Gasteiger partial charge in [-0.2, -0.15) is 0 Å². The maximum atomic E-state index is 11.6. The van der Waals surface area contributed by atoms with Crippen LogP contribution in [0.15, 0.2) is 35.3 Å². The van der Waals surface area contributed by atoms with E-state index in [0.29, 0.717) is 0 Å². The molecule has 16 heavy (non-hydrogen) atoms. The first-order valence-electron chi connectivity index (χ1n) is 5.00.